The molecule has 21 heavy (non-hydrogen) atoms. The van der Waals surface area contributed by atoms with E-state index in [1.54, 1.807) is 0 Å². The number of hydrogen-bond acceptors (Lipinski definition) is 2. The Morgan fingerprint density at radius 1 is 0.952 bits per heavy atom. The maximum atomic E-state index is 4.42. The average molecular weight is 285 g/mol. The lowest BCUT2D eigenvalue weighted by atomic mass is 9.99. The Labute approximate surface area is 128 Å². The molecule has 1 N–H and O–H groups in total. The number of nitrogens with one attached hydrogen (secondary N) is 1. The second-order valence-corrected chi connectivity index (χ2v) is 6.27. The van der Waals surface area contributed by atoms with E-state index in [0.717, 1.165) is 5.69 Å². The highest BCUT2D eigenvalue weighted by molar-refractivity contribution is 5.27. The van der Waals surface area contributed by atoms with Gasteiger partial charge in [0.15, 0.2) is 0 Å². The molecule has 0 saturated heterocycles. The molecule has 3 nitrogen and oxygen atoms in total. The summed E-state index contributed by atoms with van der Waals surface area (Å²) in [6.45, 7) is 10.9. The maximum Gasteiger partial charge on any atom is 0.0641 e. The first-order chi connectivity index (χ1) is 9.88. The van der Waals surface area contributed by atoms with Crippen LogP contribution in [0, 0.1) is 6.92 Å². The molecule has 0 saturated carbocycles. The normalized spacial score (nSPS) is 14.4. The molecule has 114 valence electrons. The van der Waals surface area contributed by atoms with Gasteiger partial charge in [0.2, 0.25) is 0 Å². The van der Waals surface area contributed by atoms with Crippen molar-refractivity contribution in [2.75, 3.05) is 0 Å². The second kappa shape index (κ2) is 6.44. The van der Waals surface area contributed by atoms with E-state index in [0.29, 0.717) is 18.0 Å². The zero-order chi connectivity index (χ0) is 15.6. The van der Waals surface area contributed by atoms with Gasteiger partial charge in [-0.15, -0.1) is 0 Å². The Morgan fingerprint density at radius 2 is 1.52 bits per heavy atom. The summed E-state index contributed by atoms with van der Waals surface area (Å²) in [4.78, 5) is 0. The highest BCUT2D eigenvalue weighted by Crippen LogP contribution is 2.23. The van der Waals surface area contributed by atoms with Gasteiger partial charge in [0, 0.05) is 30.9 Å². The monoisotopic (exact) mass is 285 g/mol. The molecule has 0 bridgehead atoms. The van der Waals surface area contributed by atoms with Gasteiger partial charge in [0.1, 0.15) is 0 Å². The second-order valence-electron chi connectivity index (χ2n) is 6.27. The number of rotatable bonds is 5. The van der Waals surface area contributed by atoms with Gasteiger partial charge in [-0.05, 0) is 37.8 Å². The Bertz CT molecular complexity index is 581. The summed E-state index contributed by atoms with van der Waals surface area (Å²) in [6, 6.07) is 9.54. The van der Waals surface area contributed by atoms with Crippen LogP contribution >= 0.6 is 0 Å². The van der Waals surface area contributed by atoms with Gasteiger partial charge in [-0.1, -0.05) is 38.1 Å². The molecule has 0 fully saturated rings. The van der Waals surface area contributed by atoms with Crippen molar-refractivity contribution in [3.8, 4) is 0 Å². The van der Waals surface area contributed by atoms with Crippen LogP contribution in [0.15, 0.2) is 30.5 Å². The summed E-state index contributed by atoms with van der Waals surface area (Å²) in [6.07, 6.45) is 2.10. The van der Waals surface area contributed by atoms with E-state index in [2.05, 4.69) is 75.5 Å². The lowest BCUT2D eigenvalue weighted by Gasteiger charge is -2.20. The molecule has 1 aromatic heterocycles. The van der Waals surface area contributed by atoms with Gasteiger partial charge >= 0.3 is 0 Å². The van der Waals surface area contributed by atoms with Crippen LogP contribution in [0.1, 0.15) is 68.1 Å². The fraction of sp³-hybridized carbons (Fsp3) is 0.500. The highest BCUT2D eigenvalue weighted by Gasteiger charge is 2.15. The molecule has 0 radical (unpaired) electrons. The minimum atomic E-state index is 0.290. The summed E-state index contributed by atoms with van der Waals surface area (Å²) < 4.78 is 1.88. The van der Waals surface area contributed by atoms with Crippen molar-refractivity contribution in [3.63, 3.8) is 0 Å². The molecule has 0 spiro atoms. The SMILES string of the molecule is Cc1nn(C)cc1C(C)NC(C)c1ccc(C(C)C)cc1. The van der Waals surface area contributed by atoms with Crippen LogP contribution in [-0.4, -0.2) is 9.78 Å². The zero-order valence-corrected chi connectivity index (χ0v) is 14.0. The standard InChI is InChI=1S/C18H27N3/c1-12(2)16-7-9-17(10-8-16)13(3)19-14(4)18-11-21(6)20-15(18)5/h7-14,19H,1-6H3. The summed E-state index contributed by atoms with van der Waals surface area (Å²) in [5.74, 6) is 0.583. The predicted octanol–water partition coefficient (Wildman–Crippen LogP) is 4.26. The van der Waals surface area contributed by atoms with Crippen LogP contribution < -0.4 is 5.32 Å². The lowest BCUT2D eigenvalue weighted by Crippen LogP contribution is -2.22. The van der Waals surface area contributed by atoms with Crippen molar-refractivity contribution >= 4 is 0 Å². The van der Waals surface area contributed by atoms with Crippen molar-refractivity contribution in [2.24, 2.45) is 7.05 Å². The number of hydrogen-bond donors (Lipinski definition) is 1. The zero-order valence-electron chi connectivity index (χ0n) is 14.0. The third kappa shape index (κ3) is 3.73. The number of benzene rings is 1. The lowest BCUT2D eigenvalue weighted by molar-refractivity contribution is 0.493. The largest absolute Gasteiger partial charge is 0.304 e. The molecule has 2 atom stereocenters. The van der Waals surface area contributed by atoms with E-state index in [1.807, 2.05) is 11.7 Å². The Hall–Kier alpha value is -1.61. The molecule has 0 amide bonds. The van der Waals surface area contributed by atoms with E-state index in [4.69, 9.17) is 0 Å². The van der Waals surface area contributed by atoms with E-state index < -0.39 is 0 Å². The van der Waals surface area contributed by atoms with E-state index >= 15 is 0 Å². The number of aromatic nitrogens is 2. The highest BCUT2D eigenvalue weighted by atomic mass is 15.3. The van der Waals surface area contributed by atoms with E-state index in [9.17, 15) is 0 Å². The first kappa shape index (κ1) is 15.8. The predicted molar refractivity (Wildman–Crippen MR) is 88.4 cm³/mol. The minimum absolute atomic E-state index is 0.290. The van der Waals surface area contributed by atoms with Gasteiger partial charge in [0.25, 0.3) is 0 Å². The summed E-state index contributed by atoms with van der Waals surface area (Å²) >= 11 is 0. The van der Waals surface area contributed by atoms with E-state index in [-0.39, 0.29) is 0 Å². The molecule has 1 heterocycles. The first-order valence-corrected chi connectivity index (χ1v) is 7.74. The van der Waals surface area contributed by atoms with Crippen molar-refractivity contribution in [1.29, 1.82) is 0 Å². The van der Waals surface area contributed by atoms with E-state index in [1.165, 1.54) is 16.7 Å². The van der Waals surface area contributed by atoms with Crippen LogP contribution in [0.5, 0.6) is 0 Å². The van der Waals surface area contributed by atoms with Gasteiger partial charge in [0.05, 0.1) is 5.69 Å². The van der Waals surface area contributed by atoms with Crippen LogP contribution in [0.4, 0.5) is 0 Å². The van der Waals surface area contributed by atoms with Gasteiger partial charge < -0.3 is 5.32 Å². The summed E-state index contributed by atoms with van der Waals surface area (Å²) in [5.41, 5.74) is 5.08. The van der Waals surface area contributed by atoms with Crippen LogP contribution in [0.3, 0.4) is 0 Å². The molecule has 0 aliphatic rings. The van der Waals surface area contributed by atoms with Gasteiger partial charge in [-0.2, -0.15) is 5.10 Å². The first-order valence-electron chi connectivity index (χ1n) is 7.74. The Morgan fingerprint density at radius 3 is 2.00 bits per heavy atom. The van der Waals surface area contributed by atoms with Crippen LogP contribution in [0.25, 0.3) is 0 Å². The fourth-order valence-corrected chi connectivity index (χ4v) is 2.77. The van der Waals surface area contributed by atoms with Crippen LogP contribution in [0.2, 0.25) is 0 Å². The van der Waals surface area contributed by atoms with Crippen molar-refractivity contribution in [3.05, 3.63) is 52.8 Å². The molecule has 2 unspecified atom stereocenters. The van der Waals surface area contributed by atoms with Gasteiger partial charge in [-0.3, -0.25) is 4.68 Å². The maximum absolute atomic E-state index is 4.42. The van der Waals surface area contributed by atoms with Gasteiger partial charge in [-0.25, -0.2) is 0 Å². The van der Waals surface area contributed by atoms with Crippen molar-refractivity contribution in [1.82, 2.24) is 15.1 Å². The van der Waals surface area contributed by atoms with Crippen molar-refractivity contribution < 1.29 is 0 Å². The molecule has 1 aromatic carbocycles. The summed E-state index contributed by atoms with van der Waals surface area (Å²) in [5, 5.41) is 8.08. The molecule has 2 rings (SSSR count). The Balaban J connectivity index is 2.06. The molecular formula is C18H27N3. The average Bonchev–Trinajstić information content (AvgIpc) is 2.77. The van der Waals surface area contributed by atoms with Crippen molar-refractivity contribution in [2.45, 2.75) is 52.6 Å². The summed E-state index contributed by atoms with van der Waals surface area (Å²) in [7, 11) is 1.97. The molecule has 0 aliphatic carbocycles. The molecule has 0 aliphatic heterocycles. The number of aryl methyl sites for hydroxylation is 2. The third-order valence-corrected chi connectivity index (χ3v) is 4.12. The molecule has 2 aromatic rings. The number of nitrogens with zero attached hydrogens (tertiary/aromatic N) is 2. The topological polar surface area (TPSA) is 29.9 Å². The fourth-order valence-electron chi connectivity index (χ4n) is 2.77. The smallest absolute Gasteiger partial charge is 0.0641 e. The Kier molecular flexibility index (Phi) is 4.84. The molecule has 3 heteroatoms. The third-order valence-electron chi connectivity index (χ3n) is 4.12. The minimum Gasteiger partial charge on any atom is -0.304 e. The van der Waals surface area contributed by atoms with Crippen LogP contribution in [-0.2, 0) is 7.05 Å². The quantitative estimate of drug-likeness (QED) is 0.889. The molecular weight excluding hydrogens is 258 g/mol.